The molecule has 9 heteroatoms. The number of nitrogens with zero attached hydrogens (tertiary/aromatic N) is 6. The first-order valence-electron chi connectivity index (χ1n) is 8.63. The molecule has 0 aromatic carbocycles. The molecule has 134 valence electrons. The largest absolute Gasteiger partial charge is 0.433 e. The smallest absolute Gasteiger partial charge is 0.331 e. The number of halogens is 3. The van der Waals surface area contributed by atoms with E-state index < -0.39 is 11.9 Å². The van der Waals surface area contributed by atoms with Crippen LogP contribution in [-0.4, -0.2) is 31.3 Å². The predicted octanol–water partition coefficient (Wildman–Crippen LogP) is 3.15. The second-order valence-corrected chi connectivity index (χ2v) is 6.53. The van der Waals surface area contributed by atoms with Gasteiger partial charge in [-0.1, -0.05) is 6.42 Å². The fourth-order valence-corrected chi connectivity index (χ4v) is 3.67. The first-order valence-corrected chi connectivity index (χ1v) is 8.63. The van der Waals surface area contributed by atoms with Crippen molar-refractivity contribution in [1.29, 1.82) is 0 Å². The molecule has 1 saturated heterocycles. The summed E-state index contributed by atoms with van der Waals surface area (Å²) in [6, 6.07) is 0.778. The van der Waals surface area contributed by atoms with Crippen LogP contribution in [0.2, 0.25) is 0 Å². The van der Waals surface area contributed by atoms with Crippen LogP contribution in [0.1, 0.15) is 55.5 Å². The zero-order valence-electron chi connectivity index (χ0n) is 13.7. The summed E-state index contributed by atoms with van der Waals surface area (Å²) in [5.41, 5.74) is -0.914. The number of rotatable bonds is 2. The quantitative estimate of drug-likeness (QED) is 0.831. The third-order valence-corrected chi connectivity index (χ3v) is 4.88. The van der Waals surface area contributed by atoms with Crippen LogP contribution in [0.5, 0.6) is 0 Å². The van der Waals surface area contributed by atoms with Crippen molar-refractivity contribution < 1.29 is 13.2 Å². The van der Waals surface area contributed by atoms with Crippen LogP contribution < -0.4 is 4.90 Å². The van der Waals surface area contributed by atoms with Crippen molar-refractivity contribution in [1.82, 2.24) is 24.7 Å². The summed E-state index contributed by atoms with van der Waals surface area (Å²) in [7, 11) is 0. The van der Waals surface area contributed by atoms with Gasteiger partial charge in [-0.15, -0.1) is 10.2 Å². The summed E-state index contributed by atoms with van der Waals surface area (Å²) in [4.78, 5) is 9.66. The molecule has 25 heavy (non-hydrogen) atoms. The van der Waals surface area contributed by atoms with Gasteiger partial charge in [-0.05, 0) is 31.7 Å². The summed E-state index contributed by atoms with van der Waals surface area (Å²) in [5.74, 6) is 1.92. The Balaban J connectivity index is 1.67. The van der Waals surface area contributed by atoms with E-state index in [1.165, 1.54) is 6.20 Å². The topological polar surface area (TPSA) is 59.7 Å². The molecule has 4 rings (SSSR count). The molecule has 1 atom stereocenters. The van der Waals surface area contributed by atoms with E-state index in [9.17, 15) is 13.2 Å². The highest BCUT2D eigenvalue weighted by atomic mass is 19.4. The number of anilines is 1. The van der Waals surface area contributed by atoms with Gasteiger partial charge < -0.3 is 9.47 Å². The SMILES string of the molecule is FC(F)(F)c1ccnc(N2CCCC2c2nnc3n2CCCCC3)n1. The van der Waals surface area contributed by atoms with E-state index in [1.807, 2.05) is 4.90 Å². The minimum atomic E-state index is -4.47. The third-order valence-electron chi connectivity index (χ3n) is 4.88. The highest BCUT2D eigenvalue weighted by Crippen LogP contribution is 2.36. The van der Waals surface area contributed by atoms with Crippen LogP contribution >= 0.6 is 0 Å². The van der Waals surface area contributed by atoms with Crippen molar-refractivity contribution in [3.63, 3.8) is 0 Å². The van der Waals surface area contributed by atoms with E-state index in [-0.39, 0.29) is 12.0 Å². The number of alkyl halides is 3. The van der Waals surface area contributed by atoms with E-state index in [1.54, 1.807) is 0 Å². The standard InChI is InChI=1S/C16H19F3N6/c17-16(18,19)12-7-8-20-15(21-12)24-10-4-5-11(24)14-23-22-13-6-2-1-3-9-25(13)14/h7-8,11H,1-6,9-10H2. The monoisotopic (exact) mass is 352 g/mol. The summed E-state index contributed by atoms with van der Waals surface area (Å²) in [5, 5.41) is 8.67. The Labute approximate surface area is 143 Å². The van der Waals surface area contributed by atoms with Gasteiger partial charge in [0.05, 0.1) is 6.04 Å². The Bertz CT molecular complexity index is 757. The van der Waals surface area contributed by atoms with Crippen LogP contribution in [-0.2, 0) is 19.1 Å². The van der Waals surface area contributed by atoms with Gasteiger partial charge in [-0.3, -0.25) is 0 Å². The summed E-state index contributed by atoms with van der Waals surface area (Å²) < 4.78 is 41.0. The zero-order valence-corrected chi connectivity index (χ0v) is 13.7. The number of hydrogen-bond donors (Lipinski definition) is 0. The molecule has 0 spiro atoms. The summed E-state index contributed by atoms with van der Waals surface area (Å²) in [6.07, 6.45) is 2.62. The lowest BCUT2D eigenvalue weighted by Gasteiger charge is -2.25. The Morgan fingerprint density at radius 1 is 1.04 bits per heavy atom. The Hall–Kier alpha value is -2.19. The van der Waals surface area contributed by atoms with E-state index in [2.05, 4.69) is 24.7 Å². The lowest BCUT2D eigenvalue weighted by Crippen LogP contribution is -2.28. The van der Waals surface area contributed by atoms with E-state index >= 15 is 0 Å². The molecule has 6 nitrogen and oxygen atoms in total. The molecule has 0 amide bonds. The molecule has 1 unspecified atom stereocenters. The minimum Gasteiger partial charge on any atom is -0.331 e. The second-order valence-electron chi connectivity index (χ2n) is 6.53. The lowest BCUT2D eigenvalue weighted by atomic mass is 10.2. The summed E-state index contributed by atoms with van der Waals surface area (Å²) >= 11 is 0. The molecule has 2 aliphatic heterocycles. The average molecular weight is 352 g/mol. The second kappa shape index (κ2) is 6.27. The molecular formula is C16H19F3N6. The van der Waals surface area contributed by atoms with Crippen LogP contribution in [0.15, 0.2) is 12.3 Å². The van der Waals surface area contributed by atoms with Gasteiger partial charge in [-0.25, -0.2) is 9.97 Å². The molecule has 0 saturated carbocycles. The van der Waals surface area contributed by atoms with Crippen molar-refractivity contribution >= 4 is 5.95 Å². The molecule has 0 radical (unpaired) electrons. The summed E-state index contributed by atoms with van der Waals surface area (Å²) in [6.45, 7) is 1.49. The molecule has 0 bridgehead atoms. The van der Waals surface area contributed by atoms with E-state index in [4.69, 9.17) is 0 Å². The van der Waals surface area contributed by atoms with Crippen LogP contribution in [0.4, 0.5) is 19.1 Å². The van der Waals surface area contributed by atoms with Gasteiger partial charge in [0.2, 0.25) is 5.95 Å². The predicted molar refractivity (Wildman–Crippen MR) is 83.9 cm³/mol. The molecule has 2 aromatic heterocycles. The Kier molecular flexibility index (Phi) is 4.09. The van der Waals surface area contributed by atoms with Crippen LogP contribution in [0, 0.1) is 0 Å². The lowest BCUT2D eigenvalue weighted by molar-refractivity contribution is -0.141. The zero-order chi connectivity index (χ0) is 17.4. The Morgan fingerprint density at radius 3 is 2.76 bits per heavy atom. The maximum atomic E-state index is 13.0. The van der Waals surface area contributed by atoms with Gasteiger partial charge in [0, 0.05) is 25.7 Å². The highest BCUT2D eigenvalue weighted by molar-refractivity contribution is 5.36. The van der Waals surface area contributed by atoms with E-state index in [0.29, 0.717) is 6.54 Å². The molecular weight excluding hydrogens is 333 g/mol. The fourth-order valence-electron chi connectivity index (χ4n) is 3.67. The number of aryl methyl sites for hydroxylation is 1. The van der Waals surface area contributed by atoms with Gasteiger partial charge >= 0.3 is 6.18 Å². The van der Waals surface area contributed by atoms with Crippen LogP contribution in [0.25, 0.3) is 0 Å². The maximum absolute atomic E-state index is 13.0. The molecule has 4 heterocycles. The number of fused-ring (bicyclic) bond motifs is 1. The molecule has 2 aliphatic rings. The highest BCUT2D eigenvalue weighted by Gasteiger charge is 2.36. The normalized spacial score (nSPS) is 21.2. The molecule has 2 aromatic rings. The molecule has 0 aliphatic carbocycles. The van der Waals surface area contributed by atoms with Crippen molar-refractivity contribution in [2.24, 2.45) is 0 Å². The first kappa shape index (κ1) is 16.3. The Morgan fingerprint density at radius 2 is 1.92 bits per heavy atom. The van der Waals surface area contributed by atoms with Crippen molar-refractivity contribution in [3.8, 4) is 0 Å². The van der Waals surface area contributed by atoms with Crippen molar-refractivity contribution in [2.75, 3.05) is 11.4 Å². The van der Waals surface area contributed by atoms with Crippen molar-refractivity contribution in [2.45, 2.75) is 57.3 Å². The first-order chi connectivity index (χ1) is 12.0. The molecule has 0 N–H and O–H groups in total. The maximum Gasteiger partial charge on any atom is 0.433 e. The van der Waals surface area contributed by atoms with Gasteiger partial charge in [0.15, 0.2) is 5.82 Å². The fraction of sp³-hybridized carbons (Fsp3) is 0.625. The van der Waals surface area contributed by atoms with Gasteiger partial charge in [0.1, 0.15) is 11.5 Å². The molecule has 1 fully saturated rings. The number of aromatic nitrogens is 5. The van der Waals surface area contributed by atoms with Crippen molar-refractivity contribution in [3.05, 3.63) is 29.6 Å². The van der Waals surface area contributed by atoms with E-state index in [0.717, 1.165) is 62.8 Å². The number of hydrogen-bond acceptors (Lipinski definition) is 5. The van der Waals surface area contributed by atoms with Crippen LogP contribution in [0.3, 0.4) is 0 Å². The van der Waals surface area contributed by atoms with Gasteiger partial charge in [-0.2, -0.15) is 13.2 Å². The minimum absolute atomic E-state index is 0.114. The third kappa shape index (κ3) is 3.07. The average Bonchev–Trinajstić information content (AvgIpc) is 3.15. The van der Waals surface area contributed by atoms with Gasteiger partial charge in [0.25, 0.3) is 0 Å².